The summed E-state index contributed by atoms with van der Waals surface area (Å²) in [5.74, 6) is 1.06. The summed E-state index contributed by atoms with van der Waals surface area (Å²) in [6, 6.07) is 24.9. The van der Waals surface area contributed by atoms with Crippen LogP contribution in [0.25, 0.3) is 21.8 Å². The summed E-state index contributed by atoms with van der Waals surface area (Å²) in [6.07, 6.45) is 0. The minimum absolute atomic E-state index is 0.0627. The van der Waals surface area contributed by atoms with Crippen molar-refractivity contribution in [2.24, 2.45) is 0 Å². The fourth-order valence-electron chi connectivity index (χ4n) is 4.58. The fraction of sp³-hybridized carbons (Fsp3) is 0.219. The predicted molar refractivity (Wildman–Crippen MR) is 152 cm³/mol. The zero-order chi connectivity index (χ0) is 27.2. The molecule has 0 aliphatic heterocycles. The number of benzene rings is 4. The maximum absolute atomic E-state index is 13.6. The number of H-pyrrole nitrogens is 1. The summed E-state index contributed by atoms with van der Waals surface area (Å²) in [6.45, 7) is 5.93. The van der Waals surface area contributed by atoms with Gasteiger partial charge in [-0.05, 0) is 72.1 Å². The van der Waals surface area contributed by atoms with Gasteiger partial charge in [-0.3, -0.25) is 4.79 Å². The lowest BCUT2D eigenvalue weighted by Gasteiger charge is -2.15. The number of hydrogen-bond acceptors (Lipinski definition) is 4. The maximum atomic E-state index is 13.6. The molecule has 0 aliphatic rings. The van der Waals surface area contributed by atoms with E-state index in [2.05, 4.69) is 58.9 Å². The second-order valence-electron chi connectivity index (χ2n) is 9.69. The molecule has 0 spiro atoms. The Kier molecular flexibility index (Phi) is 8.08. The van der Waals surface area contributed by atoms with Gasteiger partial charge >= 0.3 is 0 Å². The molecule has 1 heterocycles. The molecule has 200 valence electrons. The first-order chi connectivity index (χ1) is 18.9. The fourth-order valence-corrected chi connectivity index (χ4v) is 4.58. The summed E-state index contributed by atoms with van der Waals surface area (Å²) in [7, 11) is 0. The first-order valence-electron chi connectivity index (χ1n) is 13.0. The van der Waals surface area contributed by atoms with Crippen molar-refractivity contribution in [2.75, 3.05) is 13.1 Å². The van der Waals surface area contributed by atoms with Gasteiger partial charge in [-0.2, -0.15) is 0 Å². The van der Waals surface area contributed by atoms with Crippen molar-refractivity contribution in [1.29, 1.82) is 0 Å². The van der Waals surface area contributed by atoms with Crippen LogP contribution in [0, 0.1) is 12.7 Å². The zero-order valence-electron chi connectivity index (χ0n) is 22.1. The Balaban J connectivity index is 1.29. The van der Waals surface area contributed by atoms with E-state index < -0.39 is 0 Å². The molecule has 3 N–H and O–H groups in total. The van der Waals surface area contributed by atoms with Gasteiger partial charge in [-0.25, -0.2) is 4.39 Å². The second kappa shape index (κ2) is 12.0. The molecule has 5 aromatic rings. The third kappa shape index (κ3) is 6.75. The van der Waals surface area contributed by atoms with Crippen molar-refractivity contribution in [3.05, 3.63) is 107 Å². The van der Waals surface area contributed by atoms with Crippen LogP contribution in [0.3, 0.4) is 0 Å². The first kappa shape index (κ1) is 26.3. The molecule has 4 aromatic carbocycles. The summed E-state index contributed by atoms with van der Waals surface area (Å²) in [5, 5.41) is 8.48. The van der Waals surface area contributed by atoms with E-state index in [4.69, 9.17) is 9.47 Å². The van der Waals surface area contributed by atoms with Gasteiger partial charge in [0.25, 0.3) is 0 Å². The number of carbonyl (C=O) groups is 1. The highest BCUT2D eigenvalue weighted by molar-refractivity contribution is 6.07. The van der Waals surface area contributed by atoms with E-state index in [0.29, 0.717) is 32.0 Å². The summed E-state index contributed by atoms with van der Waals surface area (Å²) >= 11 is 0. The zero-order valence-corrected chi connectivity index (χ0v) is 22.1. The quantitative estimate of drug-likeness (QED) is 0.181. The average Bonchev–Trinajstić information content (AvgIpc) is 3.27. The van der Waals surface area contributed by atoms with Crippen molar-refractivity contribution in [1.82, 2.24) is 15.6 Å². The van der Waals surface area contributed by atoms with Crippen molar-refractivity contribution in [3.63, 3.8) is 0 Å². The van der Waals surface area contributed by atoms with Crippen LogP contribution in [0.2, 0.25) is 0 Å². The molecule has 0 fully saturated rings. The number of amides is 1. The highest BCUT2D eigenvalue weighted by Gasteiger charge is 2.10. The number of ether oxygens (including phenoxy) is 2. The van der Waals surface area contributed by atoms with Crippen molar-refractivity contribution in [3.8, 4) is 11.5 Å². The number of hydrogen-bond donors (Lipinski definition) is 3. The van der Waals surface area contributed by atoms with E-state index >= 15 is 0 Å². The molecule has 0 radical (unpaired) electrons. The monoisotopic (exact) mass is 525 g/mol. The van der Waals surface area contributed by atoms with Gasteiger partial charge in [0.1, 0.15) is 30.5 Å². The van der Waals surface area contributed by atoms with Gasteiger partial charge in [0.15, 0.2) is 0 Å². The Hall–Kier alpha value is -4.36. The number of rotatable bonds is 11. The number of halogens is 1. The van der Waals surface area contributed by atoms with E-state index in [0.717, 1.165) is 33.5 Å². The van der Waals surface area contributed by atoms with E-state index in [-0.39, 0.29) is 18.3 Å². The maximum Gasteiger partial charge on any atom is 0.216 e. The molecule has 0 unspecified atom stereocenters. The van der Waals surface area contributed by atoms with E-state index in [1.807, 2.05) is 24.3 Å². The molecular weight excluding hydrogens is 493 g/mol. The number of fused-ring (bicyclic) bond motifs is 3. The number of aromatic amines is 1. The predicted octanol–water partition coefficient (Wildman–Crippen LogP) is 6.15. The number of aromatic nitrogens is 1. The van der Waals surface area contributed by atoms with Crippen LogP contribution in [-0.4, -0.2) is 24.0 Å². The highest BCUT2D eigenvalue weighted by Crippen LogP contribution is 2.29. The Bertz CT molecular complexity index is 1610. The van der Waals surface area contributed by atoms with Crippen LogP contribution in [0.1, 0.15) is 29.2 Å². The van der Waals surface area contributed by atoms with Crippen molar-refractivity contribution in [2.45, 2.75) is 33.6 Å². The molecule has 0 saturated heterocycles. The van der Waals surface area contributed by atoms with Gasteiger partial charge in [0.05, 0.1) is 0 Å². The lowest BCUT2D eigenvalue weighted by molar-refractivity contribution is -0.118. The minimum atomic E-state index is -0.291. The smallest absolute Gasteiger partial charge is 0.216 e. The third-order valence-electron chi connectivity index (χ3n) is 6.53. The number of aryl methyl sites for hydroxylation is 1. The Morgan fingerprint density at radius 1 is 0.846 bits per heavy atom. The number of carbonyl (C=O) groups excluding carboxylic acids is 1. The Labute approximate surface area is 227 Å². The van der Waals surface area contributed by atoms with E-state index in [1.54, 1.807) is 6.07 Å². The van der Waals surface area contributed by atoms with Crippen LogP contribution in [-0.2, 0) is 24.6 Å². The second-order valence-corrected chi connectivity index (χ2v) is 9.69. The average molecular weight is 526 g/mol. The third-order valence-corrected chi connectivity index (χ3v) is 6.53. The largest absolute Gasteiger partial charge is 0.489 e. The highest BCUT2D eigenvalue weighted by atomic mass is 19.1. The summed E-state index contributed by atoms with van der Waals surface area (Å²) in [4.78, 5) is 14.6. The van der Waals surface area contributed by atoms with Crippen molar-refractivity contribution < 1.29 is 18.7 Å². The lowest BCUT2D eigenvalue weighted by atomic mass is 10.1. The molecule has 1 aromatic heterocycles. The topological polar surface area (TPSA) is 75.4 Å². The summed E-state index contributed by atoms with van der Waals surface area (Å²) in [5.41, 5.74) is 6.20. The molecule has 0 bridgehead atoms. The van der Waals surface area contributed by atoms with Crippen LogP contribution >= 0.6 is 0 Å². The van der Waals surface area contributed by atoms with E-state index in [1.165, 1.54) is 35.4 Å². The first-order valence-corrected chi connectivity index (χ1v) is 13.0. The van der Waals surface area contributed by atoms with Gasteiger partial charge < -0.3 is 25.1 Å². The van der Waals surface area contributed by atoms with Crippen LogP contribution < -0.4 is 20.1 Å². The van der Waals surface area contributed by atoms with Crippen molar-refractivity contribution >= 4 is 27.7 Å². The molecule has 0 atom stereocenters. The minimum Gasteiger partial charge on any atom is -0.489 e. The molecule has 7 heteroatoms. The van der Waals surface area contributed by atoms with E-state index in [9.17, 15) is 9.18 Å². The molecule has 6 nitrogen and oxygen atoms in total. The summed E-state index contributed by atoms with van der Waals surface area (Å²) < 4.78 is 25.8. The molecule has 5 rings (SSSR count). The van der Waals surface area contributed by atoms with Gasteiger partial charge in [-0.15, -0.1) is 0 Å². The van der Waals surface area contributed by atoms with Gasteiger partial charge in [-0.1, -0.05) is 30.3 Å². The normalized spacial score (nSPS) is 11.2. The number of nitrogens with one attached hydrogen (secondary N) is 3. The van der Waals surface area contributed by atoms with Gasteiger partial charge in [0.2, 0.25) is 5.91 Å². The lowest BCUT2D eigenvalue weighted by Crippen LogP contribution is -2.30. The molecule has 39 heavy (non-hydrogen) atoms. The molecule has 0 aliphatic carbocycles. The molecular formula is C32H32FN3O3. The molecule has 0 saturated carbocycles. The van der Waals surface area contributed by atoms with Crippen LogP contribution in [0.5, 0.6) is 11.5 Å². The Morgan fingerprint density at radius 3 is 2.54 bits per heavy atom. The van der Waals surface area contributed by atoms with Crippen LogP contribution in [0.15, 0.2) is 78.9 Å². The molecule has 1 amide bonds. The SMILES string of the molecule is CC(=O)NCCNCc1cc(OCc2ccc3[nH]c4cc(C)ccc4c3c2)ccc1OCc1cccc(F)c1. The van der Waals surface area contributed by atoms with Crippen LogP contribution in [0.4, 0.5) is 4.39 Å². The standard InChI is InChI=1S/C32H32FN3O3/c1-21-6-9-28-29-16-24(7-10-30(29)36-31(28)14-21)19-38-27-8-11-32(39-20-23-4-3-5-26(33)15-23)25(17-27)18-34-12-13-35-22(2)37/h3-11,14-17,34,36H,12-13,18-20H2,1-2H3,(H,35,37). The van der Waals surface area contributed by atoms with Gasteiger partial charge in [0, 0.05) is 53.9 Å². The Morgan fingerprint density at radius 2 is 1.69 bits per heavy atom.